The number of hydrogen-bond donors (Lipinski definition) is 0. The highest BCUT2D eigenvalue weighted by Gasteiger charge is 2.21. The Hall–Kier alpha value is -1.08. The van der Waals surface area contributed by atoms with Crippen molar-refractivity contribution in [1.82, 2.24) is 4.90 Å². The van der Waals surface area contributed by atoms with Crippen molar-refractivity contribution in [3.05, 3.63) is 48.1 Å². The predicted octanol–water partition coefficient (Wildman–Crippen LogP) is 2.55. The van der Waals surface area contributed by atoms with Crippen LogP contribution < -0.4 is 0 Å². The van der Waals surface area contributed by atoms with Crippen molar-refractivity contribution in [3.63, 3.8) is 0 Å². The molecule has 0 aromatic heterocycles. The maximum absolute atomic E-state index is 2.40. The van der Waals surface area contributed by atoms with Crippen molar-refractivity contribution >= 4 is 0 Å². The lowest BCUT2D eigenvalue weighted by molar-refractivity contribution is 0.406. The second kappa shape index (κ2) is 4.43. The average Bonchev–Trinajstić information content (AvgIpc) is 2.51. The number of likely N-dealkylation sites (tertiary alicyclic amines) is 1. The first-order chi connectivity index (χ1) is 6.86. The Morgan fingerprint density at radius 3 is 2.71 bits per heavy atom. The van der Waals surface area contributed by atoms with Crippen LogP contribution in [0.3, 0.4) is 0 Å². The van der Waals surface area contributed by atoms with Crippen LogP contribution >= 0.6 is 0 Å². The van der Waals surface area contributed by atoms with Gasteiger partial charge in [-0.1, -0.05) is 42.5 Å². The first-order valence-corrected chi connectivity index (χ1v) is 5.26. The fourth-order valence-electron chi connectivity index (χ4n) is 2.06. The Morgan fingerprint density at radius 1 is 1.14 bits per heavy atom. The first kappa shape index (κ1) is 9.47. The Morgan fingerprint density at radius 2 is 1.93 bits per heavy atom. The monoisotopic (exact) mass is 187 g/mol. The highest BCUT2D eigenvalue weighted by Crippen LogP contribution is 2.24. The van der Waals surface area contributed by atoms with Gasteiger partial charge in [-0.2, -0.15) is 0 Å². The third kappa shape index (κ3) is 2.24. The zero-order chi connectivity index (χ0) is 9.80. The van der Waals surface area contributed by atoms with Crippen LogP contribution in [0.1, 0.15) is 6.42 Å². The van der Waals surface area contributed by atoms with Gasteiger partial charge in [0.2, 0.25) is 0 Å². The summed E-state index contributed by atoms with van der Waals surface area (Å²) in [5, 5.41) is 0. The molecule has 74 valence electrons. The third-order valence-corrected chi connectivity index (χ3v) is 2.88. The lowest BCUT2D eigenvalue weighted by Crippen LogP contribution is -2.14. The second-order valence-corrected chi connectivity index (χ2v) is 4.04. The van der Waals surface area contributed by atoms with Crippen LogP contribution in [0.25, 0.3) is 0 Å². The number of hydrogen-bond acceptors (Lipinski definition) is 1. The van der Waals surface area contributed by atoms with Crippen molar-refractivity contribution in [2.75, 3.05) is 20.1 Å². The Labute approximate surface area is 86.1 Å². The molecule has 1 aliphatic carbocycles. The molecule has 0 bridgehead atoms. The quantitative estimate of drug-likeness (QED) is 0.610. The molecule has 0 spiro atoms. The van der Waals surface area contributed by atoms with Crippen LogP contribution in [0.5, 0.6) is 0 Å². The van der Waals surface area contributed by atoms with E-state index in [1.807, 2.05) is 0 Å². The highest BCUT2D eigenvalue weighted by atomic mass is 15.1. The largest absolute Gasteiger partial charge is 0.306 e. The Bertz CT molecular complexity index is 307. The highest BCUT2D eigenvalue weighted by molar-refractivity contribution is 5.33. The third-order valence-electron chi connectivity index (χ3n) is 2.88. The summed E-state index contributed by atoms with van der Waals surface area (Å²) in [7, 11) is 2.20. The van der Waals surface area contributed by atoms with Gasteiger partial charge in [0.05, 0.1) is 0 Å². The maximum atomic E-state index is 2.40. The second-order valence-electron chi connectivity index (χ2n) is 4.04. The van der Waals surface area contributed by atoms with Crippen molar-refractivity contribution in [2.24, 2.45) is 5.92 Å². The van der Waals surface area contributed by atoms with Gasteiger partial charge in [-0.3, -0.25) is 0 Å². The van der Waals surface area contributed by atoms with Gasteiger partial charge in [0.25, 0.3) is 0 Å². The normalized spacial score (nSPS) is 32.1. The molecule has 0 amide bonds. The van der Waals surface area contributed by atoms with E-state index >= 15 is 0 Å². The van der Waals surface area contributed by atoms with E-state index in [0.29, 0.717) is 0 Å². The minimum Gasteiger partial charge on any atom is -0.306 e. The molecule has 14 heavy (non-hydrogen) atoms. The predicted molar refractivity (Wildman–Crippen MR) is 61.1 cm³/mol. The summed E-state index contributed by atoms with van der Waals surface area (Å²) in [6.07, 6.45) is 16.3. The molecule has 1 heterocycles. The van der Waals surface area contributed by atoms with E-state index in [0.717, 1.165) is 5.92 Å². The van der Waals surface area contributed by atoms with Gasteiger partial charge < -0.3 is 4.90 Å². The summed E-state index contributed by atoms with van der Waals surface area (Å²) in [6.45, 7) is 2.43. The summed E-state index contributed by atoms with van der Waals surface area (Å²) < 4.78 is 0. The molecule has 1 heteroatoms. The fraction of sp³-hybridized carbons (Fsp3) is 0.385. The molecule has 0 aromatic rings. The van der Waals surface area contributed by atoms with Gasteiger partial charge in [0.15, 0.2) is 0 Å². The molecule has 1 aliphatic heterocycles. The van der Waals surface area contributed by atoms with Crippen LogP contribution in [0.2, 0.25) is 0 Å². The van der Waals surface area contributed by atoms with Crippen LogP contribution in [-0.4, -0.2) is 25.0 Å². The molecular weight excluding hydrogens is 170 g/mol. The van der Waals surface area contributed by atoms with E-state index in [2.05, 4.69) is 54.5 Å². The molecular formula is C13H17N. The minimum absolute atomic E-state index is 0.729. The van der Waals surface area contributed by atoms with Crippen LogP contribution in [0.4, 0.5) is 0 Å². The van der Waals surface area contributed by atoms with Crippen LogP contribution in [-0.2, 0) is 0 Å². The molecule has 1 nitrogen and oxygen atoms in total. The van der Waals surface area contributed by atoms with Crippen molar-refractivity contribution in [3.8, 4) is 0 Å². The van der Waals surface area contributed by atoms with E-state index in [1.165, 1.54) is 25.1 Å². The van der Waals surface area contributed by atoms with E-state index in [4.69, 9.17) is 0 Å². The van der Waals surface area contributed by atoms with Crippen molar-refractivity contribution < 1.29 is 0 Å². The Balaban J connectivity index is 2.09. The average molecular weight is 187 g/mol. The molecule has 2 rings (SSSR count). The first-order valence-electron chi connectivity index (χ1n) is 5.26. The number of nitrogens with zero attached hydrogens (tertiary/aromatic N) is 1. The van der Waals surface area contributed by atoms with E-state index in [-0.39, 0.29) is 0 Å². The minimum atomic E-state index is 0.729. The van der Waals surface area contributed by atoms with Crippen molar-refractivity contribution in [2.45, 2.75) is 6.42 Å². The zero-order valence-electron chi connectivity index (χ0n) is 8.69. The molecule has 1 fully saturated rings. The maximum Gasteiger partial charge on any atom is 0.00477 e. The number of rotatable bonds is 1. The van der Waals surface area contributed by atoms with Gasteiger partial charge in [0, 0.05) is 6.54 Å². The van der Waals surface area contributed by atoms with Gasteiger partial charge in [-0.25, -0.2) is 0 Å². The van der Waals surface area contributed by atoms with E-state index in [1.54, 1.807) is 0 Å². The van der Waals surface area contributed by atoms with Gasteiger partial charge in [-0.05, 0) is 31.5 Å². The Kier molecular flexibility index (Phi) is 3.00. The molecule has 0 aromatic carbocycles. The summed E-state index contributed by atoms with van der Waals surface area (Å²) in [4.78, 5) is 2.40. The van der Waals surface area contributed by atoms with Crippen molar-refractivity contribution in [1.29, 1.82) is 0 Å². The fourth-order valence-corrected chi connectivity index (χ4v) is 2.06. The molecule has 0 N–H and O–H groups in total. The SMILES string of the molecule is CN1CCC(C2=C/C=C\C=C/C=C2)C1. The van der Waals surface area contributed by atoms with E-state index in [9.17, 15) is 0 Å². The molecule has 2 aliphatic rings. The molecule has 1 unspecified atom stereocenters. The molecule has 1 atom stereocenters. The number of allylic oxidation sites excluding steroid dienone is 7. The lowest BCUT2D eigenvalue weighted by Gasteiger charge is -2.11. The molecule has 0 saturated carbocycles. The standard InChI is InChI=1S/C13H17N/c1-14-10-9-13(11-14)12-7-5-3-2-4-6-8-12/h2-8,13H,9-11H2,1H3/b3-2-,4-2?,5-3?,6-4-,7-5?,8-6?,12-7?,12-8?. The topological polar surface area (TPSA) is 3.24 Å². The van der Waals surface area contributed by atoms with Crippen LogP contribution in [0, 0.1) is 5.92 Å². The molecule has 0 radical (unpaired) electrons. The van der Waals surface area contributed by atoms with Gasteiger partial charge >= 0.3 is 0 Å². The lowest BCUT2D eigenvalue weighted by atomic mass is 9.96. The zero-order valence-corrected chi connectivity index (χ0v) is 8.69. The molecule has 1 saturated heterocycles. The summed E-state index contributed by atoms with van der Waals surface area (Å²) in [6, 6.07) is 0. The summed E-state index contributed by atoms with van der Waals surface area (Å²) >= 11 is 0. The van der Waals surface area contributed by atoms with Gasteiger partial charge in [0.1, 0.15) is 0 Å². The summed E-state index contributed by atoms with van der Waals surface area (Å²) in [5.74, 6) is 0.729. The van der Waals surface area contributed by atoms with Gasteiger partial charge in [-0.15, -0.1) is 0 Å². The van der Waals surface area contributed by atoms with Crippen LogP contribution in [0.15, 0.2) is 48.1 Å². The summed E-state index contributed by atoms with van der Waals surface area (Å²) in [5.41, 5.74) is 1.47. The van der Waals surface area contributed by atoms with E-state index < -0.39 is 0 Å². The smallest absolute Gasteiger partial charge is 0.00477 e.